The minimum absolute atomic E-state index is 0.215. The van der Waals surface area contributed by atoms with Crippen molar-refractivity contribution in [2.45, 2.75) is 26.8 Å². The number of aryl methyl sites for hydroxylation is 2. The third kappa shape index (κ3) is 4.14. The van der Waals surface area contributed by atoms with Gasteiger partial charge in [0.05, 0.1) is 30.9 Å². The number of rotatable bonds is 6. The lowest BCUT2D eigenvalue weighted by atomic mass is 10.1. The normalized spacial score (nSPS) is 11.9. The van der Waals surface area contributed by atoms with Crippen LogP contribution < -0.4 is 10.1 Å². The topological polar surface area (TPSA) is 77.8 Å². The molecule has 0 aliphatic rings. The molecule has 3 heterocycles. The molecule has 7 nitrogen and oxygen atoms in total. The standard InChI is InChI=1S/C23H22F2N6O/c1-13-10-19(18-8-9-20(23(28-18)32-4)31-11-14(2)26-12-31)29-30-22(13)27-15(3)16-6-5-7-17(24)21(16)25/h5-12,15H,1-4H3,(H,27,30)/t15-/m0/s1. The first-order valence-electron chi connectivity index (χ1n) is 9.98. The largest absolute Gasteiger partial charge is 0.479 e. The Labute approximate surface area is 184 Å². The first kappa shape index (κ1) is 21.4. The highest BCUT2D eigenvalue weighted by Gasteiger charge is 2.17. The first-order valence-corrected chi connectivity index (χ1v) is 9.98. The van der Waals surface area contributed by atoms with E-state index in [1.54, 1.807) is 20.4 Å². The van der Waals surface area contributed by atoms with Gasteiger partial charge in [-0.25, -0.2) is 18.7 Å². The van der Waals surface area contributed by atoms with E-state index in [1.165, 1.54) is 12.1 Å². The summed E-state index contributed by atoms with van der Waals surface area (Å²) in [6.07, 6.45) is 3.58. The van der Waals surface area contributed by atoms with Crippen molar-refractivity contribution in [3.05, 3.63) is 77.4 Å². The number of anilines is 1. The molecule has 0 amide bonds. The number of nitrogens with zero attached hydrogens (tertiary/aromatic N) is 5. The average molecular weight is 436 g/mol. The molecule has 0 saturated carbocycles. The number of nitrogens with one attached hydrogen (secondary N) is 1. The van der Waals surface area contributed by atoms with Crippen molar-refractivity contribution in [2.75, 3.05) is 12.4 Å². The fourth-order valence-electron chi connectivity index (χ4n) is 3.37. The Kier molecular flexibility index (Phi) is 5.81. The Morgan fingerprint density at radius 2 is 1.88 bits per heavy atom. The number of benzene rings is 1. The quantitative estimate of drug-likeness (QED) is 0.468. The number of methoxy groups -OCH3 is 1. The molecule has 0 spiro atoms. The molecule has 0 saturated heterocycles. The van der Waals surface area contributed by atoms with Gasteiger partial charge in [0.1, 0.15) is 11.4 Å². The van der Waals surface area contributed by atoms with Gasteiger partial charge in [-0.1, -0.05) is 12.1 Å². The van der Waals surface area contributed by atoms with Gasteiger partial charge in [-0.05, 0) is 50.6 Å². The van der Waals surface area contributed by atoms with E-state index in [4.69, 9.17) is 4.74 Å². The van der Waals surface area contributed by atoms with Crippen LogP contribution in [0.3, 0.4) is 0 Å². The van der Waals surface area contributed by atoms with Crippen molar-refractivity contribution in [1.82, 2.24) is 24.7 Å². The van der Waals surface area contributed by atoms with Crippen LogP contribution in [0.5, 0.6) is 5.88 Å². The highest BCUT2D eigenvalue weighted by atomic mass is 19.2. The molecule has 0 aliphatic heterocycles. The molecule has 0 radical (unpaired) electrons. The second-order valence-corrected chi connectivity index (χ2v) is 7.42. The zero-order valence-corrected chi connectivity index (χ0v) is 18.1. The predicted octanol–water partition coefficient (Wildman–Crippen LogP) is 4.80. The molecule has 32 heavy (non-hydrogen) atoms. The summed E-state index contributed by atoms with van der Waals surface area (Å²) in [5.41, 5.74) is 3.79. The summed E-state index contributed by atoms with van der Waals surface area (Å²) >= 11 is 0. The van der Waals surface area contributed by atoms with Gasteiger partial charge in [-0.2, -0.15) is 0 Å². The van der Waals surface area contributed by atoms with Gasteiger partial charge in [0.2, 0.25) is 5.88 Å². The van der Waals surface area contributed by atoms with Gasteiger partial charge in [-0.3, -0.25) is 0 Å². The van der Waals surface area contributed by atoms with Gasteiger partial charge < -0.3 is 14.6 Å². The second-order valence-electron chi connectivity index (χ2n) is 7.42. The number of halogens is 2. The monoisotopic (exact) mass is 436 g/mol. The van der Waals surface area contributed by atoms with Crippen LogP contribution in [0.4, 0.5) is 14.6 Å². The molecule has 0 bridgehead atoms. The fraction of sp³-hybridized carbons (Fsp3) is 0.217. The van der Waals surface area contributed by atoms with Gasteiger partial charge >= 0.3 is 0 Å². The maximum absolute atomic E-state index is 14.1. The third-order valence-electron chi connectivity index (χ3n) is 5.07. The van der Waals surface area contributed by atoms with E-state index in [0.29, 0.717) is 23.1 Å². The number of imidazole rings is 1. The van der Waals surface area contributed by atoms with E-state index in [-0.39, 0.29) is 5.56 Å². The van der Waals surface area contributed by atoms with Crippen LogP contribution in [0.1, 0.15) is 29.8 Å². The van der Waals surface area contributed by atoms with Crippen molar-refractivity contribution in [3.63, 3.8) is 0 Å². The summed E-state index contributed by atoms with van der Waals surface area (Å²) in [5.74, 6) is -0.859. The van der Waals surface area contributed by atoms with Crippen LogP contribution >= 0.6 is 0 Å². The summed E-state index contributed by atoms with van der Waals surface area (Å²) in [5, 5.41) is 11.6. The molecule has 4 rings (SSSR count). The Bertz CT molecular complexity index is 1270. The Morgan fingerprint density at radius 3 is 2.56 bits per heavy atom. The molecule has 164 valence electrons. The lowest BCUT2D eigenvalue weighted by Gasteiger charge is -2.17. The van der Waals surface area contributed by atoms with E-state index >= 15 is 0 Å². The summed E-state index contributed by atoms with van der Waals surface area (Å²) in [4.78, 5) is 8.79. The molecule has 9 heteroatoms. The molecule has 0 fully saturated rings. The van der Waals surface area contributed by atoms with Crippen LogP contribution in [0.15, 0.2) is 48.9 Å². The zero-order valence-electron chi connectivity index (χ0n) is 18.1. The molecular weight excluding hydrogens is 414 g/mol. The van der Waals surface area contributed by atoms with Crippen molar-refractivity contribution in [3.8, 4) is 23.0 Å². The van der Waals surface area contributed by atoms with Crippen molar-refractivity contribution < 1.29 is 13.5 Å². The first-order chi connectivity index (χ1) is 15.4. The summed E-state index contributed by atoms with van der Waals surface area (Å²) in [6, 6.07) is 9.13. The van der Waals surface area contributed by atoms with E-state index < -0.39 is 17.7 Å². The lowest BCUT2D eigenvalue weighted by Crippen LogP contribution is -2.12. The molecule has 1 atom stereocenters. The maximum Gasteiger partial charge on any atom is 0.238 e. The summed E-state index contributed by atoms with van der Waals surface area (Å²) in [6.45, 7) is 5.49. The molecule has 3 aromatic heterocycles. The SMILES string of the molecule is COc1nc(-c2cc(C)c(N[C@@H](C)c3cccc(F)c3F)nn2)ccc1-n1cnc(C)c1. The third-order valence-corrected chi connectivity index (χ3v) is 5.07. The molecular formula is C23H22F2N6O. The molecule has 0 unspecified atom stereocenters. The van der Waals surface area contributed by atoms with E-state index in [2.05, 4.69) is 25.5 Å². The van der Waals surface area contributed by atoms with Gasteiger partial charge in [0, 0.05) is 11.8 Å². The van der Waals surface area contributed by atoms with Gasteiger partial charge in [0.25, 0.3) is 0 Å². The van der Waals surface area contributed by atoms with Crippen LogP contribution in [0.2, 0.25) is 0 Å². The number of hydrogen-bond donors (Lipinski definition) is 1. The number of aromatic nitrogens is 5. The second kappa shape index (κ2) is 8.70. The van der Waals surface area contributed by atoms with Gasteiger partial charge in [-0.15, -0.1) is 10.2 Å². The summed E-state index contributed by atoms with van der Waals surface area (Å²) < 4.78 is 34.9. The summed E-state index contributed by atoms with van der Waals surface area (Å²) in [7, 11) is 1.55. The molecule has 1 aromatic carbocycles. The van der Waals surface area contributed by atoms with Crippen molar-refractivity contribution >= 4 is 5.82 Å². The average Bonchev–Trinajstić information content (AvgIpc) is 3.22. The van der Waals surface area contributed by atoms with Gasteiger partial charge in [0.15, 0.2) is 17.5 Å². The number of ether oxygens (including phenoxy) is 1. The molecule has 1 N–H and O–H groups in total. The Balaban J connectivity index is 1.60. The lowest BCUT2D eigenvalue weighted by molar-refractivity contribution is 0.396. The smallest absolute Gasteiger partial charge is 0.238 e. The highest BCUT2D eigenvalue weighted by molar-refractivity contribution is 5.61. The fourth-order valence-corrected chi connectivity index (χ4v) is 3.37. The van der Waals surface area contributed by atoms with Crippen LogP contribution in [-0.4, -0.2) is 31.8 Å². The number of hydrogen-bond acceptors (Lipinski definition) is 6. The van der Waals surface area contributed by atoms with E-state index in [1.807, 2.05) is 42.8 Å². The predicted molar refractivity (Wildman–Crippen MR) is 117 cm³/mol. The molecule has 4 aromatic rings. The van der Waals surface area contributed by atoms with Crippen LogP contribution in [0.25, 0.3) is 17.1 Å². The van der Waals surface area contributed by atoms with E-state index in [9.17, 15) is 8.78 Å². The maximum atomic E-state index is 14.1. The number of pyridine rings is 1. The zero-order chi connectivity index (χ0) is 22.8. The minimum Gasteiger partial charge on any atom is -0.479 e. The van der Waals surface area contributed by atoms with E-state index in [0.717, 1.165) is 23.0 Å². The minimum atomic E-state index is -0.886. The van der Waals surface area contributed by atoms with Crippen LogP contribution in [-0.2, 0) is 0 Å². The van der Waals surface area contributed by atoms with Crippen molar-refractivity contribution in [1.29, 1.82) is 0 Å². The van der Waals surface area contributed by atoms with Crippen molar-refractivity contribution in [2.24, 2.45) is 0 Å². The Morgan fingerprint density at radius 1 is 1.06 bits per heavy atom. The Hall–Kier alpha value is -3.88. The van der Waals surface area contributed by atoms with Crippen LogP contribution in [0, 0.1) is 25.5 Å². The molecule has 0 aliphatic carbocycles. The highest BCUT2D eigenvalue weighted by Crippen LogP contribution is 2.28.